The molecular weight excluding hydrogens is 454 g/mol. The predicted molar refractivity (Wildman–Crippen MR) is 134 cm³/mol. The van der Waals surface area contributed by atoms with Gasteiger partial charge in [-0.2, -0.15) is 5.26 Å². The van der Waals surface area contributed by atoms with E-state index in [2.05, 4.69) is 21.4 Å². The number of carbonyl (C=O) groups is 1. The number of amides is 1. The largest absolute Gasteiger partial charge is 0.384 e. The van der Waals surface area contributed by atoms with Gasteiger partial charge in [0.15, 0.2) is 0 Å². The lowest BCUT2D eigenvalue weighted by Crippen LogP contribution is -2.24. The summed E-state index contributed by atoms with van der Waals surface area (Å²) < 4.78 is 5.45. The molecule has 8 nitrogen and oxygen atoms in total. The molecule has 4 aromatic rings. The lowest BCUT2D eigenvalue weighted by molar-refractivity contribution is 0.0739. The van der Waals surface area contributed by atoms with Crippen LogP contribution in [0.1, 0.15) is 52.6 Å². The molecule has 0 bridgehead atoms. The molecule has 0 aliphatic carbocycles. The van der Waals surface area contributed by atoms with Crippen molar-refractivity contribution in [3.05, 3.63) is 88.9 Å². The molecule has 0 saturated carbocycles. The second-order valence-electron chi connectivity index (χ2n) is 9.33. The lowest BCUT2D eigenvalue weighted by Gasteiger charge is -2.21. The van der Waals surface area contributed by atoms with Crippen molar-refractivity contribution in [2.24, 2.45) is 0 Å². The summed E-state index contributed by atoms with van der Waals surface area (Å²) >= 11 is 0. The van der Waals surface area contributed by atoms with Crippen LogP contribution in [0.5, 0.6) is 0 Å². The number of hydrogen-bond acceptors (Lipinski definition) is 7. The zero-order valence-corrected chi connectivity index (χ0v) is 20.0. The molecule has 1 aromatic carbocycles. The summed E-state index contributed by atoms with van der Waals surface area (Å²) in [7, 11) is 0. The summed E-state index contributed by atoms with van der Waals surface area (Å²) in [5.74, 6) is -0.611. The number of hydrogen-bond donors (Lipinski definition) is 2. The van der Waals surface area contributed by atoms with Gasteiger partial charge < -0.3 is 15.2 Å². The molecule has 36 heavy (non-hydrogen) atoms. The van der Waals surface area contributed by atoms with Crippen molar-refractivity contribution in [2.45, 2.75) is 38.5 Å². The van der Waals surface area contributed by atoms with E-state index in [9.17, 15) is 15.2 Å². The molecule has 1 aliphatic rings. The molecule has 0 fully saturated rings. The van der Waals surface area contributed by atoms with Gasteiger partial charge in [-0.25, -0.2) is 9.97 Å². The van der Waals surface area contributed by atoms with Crippen molar-refractivity contribution < 1.29 is 14.6 Å². The van der Waals surface area contributed by atoms with Gasteiger partial charge in [-0.05, 0) is 67.4 Å². The highest BCUT2D eigenvalue weighted by atomic mass is 16.5. The Morgan fingerprint density at radius 3 is 2.81 bits per heavy atom. The number of aromatic nitrogens is 3. The standard InChI is InChI=1S/C28H25N5O3/c1-28(2,35)26-5-3-4-23(33-26)24-9-8-18-13-30-21(11-25(18)32-24)14-31-27(34)17-6-7-19-15-36-16-20(12-29)22(19)10-17/h3-11,13,20,35H,14-16H2,1-2H3,(H,31,34). The Morgan fingerprint density at radius 2 is 2.00 bits per heavy atom. The van der Waals surface area contributed by atoms with Crippen LogP contribution in [0, 0.1) is 11.3 Å². The average molecular weight is 480 g/mol. The number of nitriles is 1. The summed E-state index contributed by atoms with van der Waals surface area (Å²) in [6.07, 6.45) is 1.73. The third kappa shape index (κ3) is 4.80. The lowest BCUT2D eigenvalue weighted by atomic mass is 9.92. The van der Waals surface area contributed by atoms with E-state index < -0.39 is 5.60 Å². The first kappa shape index (κ1) is 23.5. The number of aliphatic hydroxyl groups is 1. The van der Waals surface area contributed by atoms with Crippen LogP contribution in [0.2, 0.25) is 0 Å². The number of rotatable bonds is 5. The van der Waals surface area contributed by atoms with E-state index in [-0.39, 0.29) is 18.4 Å². The summed E-state index contributed by atoms with van der Waals surface area (Å²) in [4.78, 5) is 26.6. The molecule has 180 valence electrons. The van der Waals surface area contributed by atoms with Crippen molar-refractivity contribution in [1.82, 2.24) is 20.3 Å². The molecule has 1 unspecified atom stereocenters. The van der Waals surface area contributed by atoms with Crippen LogP contribution in [0.15, 0.2) is 60.8 Å². The maximum absolute atomic E-state index is 12.8. The molecule has 0 radical (unpaired) electrons. The van der Waals surface area contributed by atoms with Crippen LogP contribution >= 0.6 is 0 Å². The first-order valence-corrected chi connectivity index (χ1v) is 11.7. The summed E-state index contributed by atoms with van der Waals surface area (Å²) in [6.45, 7) is 4.40. The van der Waals surface area contributed by atoms with E-state index >= 15 is 0 Å². The Balaban J connectivity index is 1.35. The molecule has 1 amide bonds. The fourth-order valence-corrected chi connectivity index (χ4v) is 4.16. The van der Waals surface area contributed by atoms with Gasteiger partial charge in [0.25, 0.3) is 5.91 Å². The van der Waals surface area contributed by atoms with Crippen molar-refractivity contribution in [3.63, 3.8) is 0 Å². The van der Waals surface area contributed by atoms with E-state index in [1.165, 1.54) is 0 Å². The number of benzene rings is 1. The summed E-state index contributed by atoms with van der Waals surface area (Å²) in [6, 6.07) is 18.7. The zero-order valence-electron chi connectivity index (χ0n) is 20.0. The number of carbonyl (C=O) groups excluding carboxylic acids is 1. The molecule has 8 heteroatoms. The number of pyridine rings is 3. The van der Waals surface area contributed by atoms with Crippen molar-refractivity contribution in [1.29, 1.82) is 5.26 Å². The van der Waals surface area contributed by atoms with Gasteiger partial charge >= 0.3 is 0 Å². The van der Waals surface area contributed by atoms with Crippen LogP contribution in [0.25, 0.3) is 22.3 Å². The zero-order chi connectivity index (χ0) is 25.3. The minimum atomic E-state index is -1.05. The summed E-state index contributed by atoms with van der Waals surface area (Å²) in [5, 5.41) is 23.5. The smallest absolute Gasteiger partial charge is 0.251 e. The van der Waals surface area contributed by atoms with Gasteiger partial charge in [-0.15, -0.1) is 0 Å². The Kier molecular flexibility index (Phi) is 6.18. The van der Waals surface area contributed by atoms with Gasteiger partial charge in [0.05, 0.1) is 60.0 Å². The maximum Gasteiger partial charge on any atom is 0.251 e. The molecule has 0 saturated heterocycles. The highest BCUT2D eigenvalue weighted by Crippen LogP contribution is 2.27. The topological polar surface area (TPSA) is 121 Å². The first-order valence-electron chi connectivity index (χ1n) is 11.7. The Morgan fingerprint density at radius 1 is 1.17 bits per heavy atom. The quantitative estimate of drug-likeness (QED) is 0.444. The van der Waals surface area contributed by atoms with Gasteiger partial charge in [0, 0.05) is 17.1 Å². The highest BCUT2D eigenvalue weighted by Gasteiger charge is 2.22. The van der Waals surface area contributed by atoms with Crippen molar-refractivity contribution >= 4 is 16.8 Å². The number of fused-ring (bicyclic) bond motifs is 2. The van der Waals surface area contributed by atoms with Crippen LogP contribution in [-0.4, -0.2) is 32.6 Å². The van der Waals surface area contributed by atoms with E-state index in [0.717, 1.165) is 22.0 Å². The molecule has 1 atom stereocenters. The minimum Gasteiger partial charge on any atom is -0.384 e. The molecule has 4 heterocycles. The van der Waals surface area contributed by atoms with Crippen LogP contribution in [0.4, 0.5) is 0 Å². The van der Waals surface area contributed by atoms with Gasteiger partial charge in [0.2, 0.25) is 0 Å². The maximum atomic E-state index is 12.8. The number of ether oxygens (including phenoxy) is 1. The molecule has 5 rings (SSSR count). The number of nitrogens with zero attached hydrogens (tertiary/aromatic N) is 4. The molecule has 2 N–H and O–H groups in total. The average Bonchev–Trinajstić information content (AvgIpc) is 2.90. The van der Waals surface area contributed by atoms with Crippen molar-refractivity contribution in [3.8, 4) is 17.5 Å². The Hall–Kier alpha value is -4.19. The monoisotopic (exact) mass is 479 g/mol. The molecule has 0 spiro atoms. The SMILES string of the molecule is CC(C)(O)c1cccc(-c2ccc3cnc(CNC(=O)c4ccc5c(c4)C(C#N)COC5)cc3n2)n1. The molecule has 3 aromatic heterocycles. The van der Waals surface area contributed by atoms with Gasteiger partial charge in [-0.1, -0.05) is 12.1 Å². The van der Waals surface area contributed by atoms with E-state index in [1.807, 2.05) is 36.4 Å². The normalized spacial score (nSPS) is 15.2. The third-order valence-electron chi connectivity index (χ3n) is 6.18. The fourth-order valence-electron chi connectivity index (χ4n) is 4.16. The molecular formula is C28H25N5O3. The van der Waals surface area contributed by atoms with Crippen LogP contribution in [0.3, 0.4) is 0 Å². The van der Waals surface area contributed by atoms with Crippen molar-refractivity contribution in [2.75, 3.05) is 6.61 Å². The van der Waals surface area contributed by atoms with E-state index in [1.54, 1.807) is 38.2 Å². The van der Waals surface area contributed by atoms with Crippen LogP contribution < -0.4 is 5.32 Å². The van der Waals surface area contributed by atoms with Gasteiger partial charge in [-0.3, -0.25) is 9.78 Å². The Bertz CT molecular complexity index is 1500. The van der Waals surface area contributed by atoms with Crippen LogP contribution in [-0.2, 0) is 23.5 Å². The third-order valence-corrected chi connectivity index (χ3v) is 6.18. The Labute approximate surface area is 208 Å². The predicted octanol–water partition coefficient (Wildman–Crippen LogP) is 3.99. The highest BCUT2D eigenvalue weighted by molar-refractivity contribution is 5.94. The molecule has 1 aliphatic heterocycles. The second-order valence-corrected chi connectivity index (χ2v) is 9.33. The van der Waals surface area contributed by atoms with Gasteiger partial charge in [0.1, 0.15) is 5.60 Å². The first-order chi connectivity index (χ1) is 17.3. The summed E-state index contributed by atoms with van der Waals surface area (Å²) in [5.41, 5.74) is 4.53. The van der Waals surface area contributed by atoms with E-state index in [4.69, 9.17) is 9.72 Å². The minimum absolute atomic E-state index is 0.231. The number of nitrogens with one attached hydrogen (secondary N) is 1. The fraction of sp³-hybridized carbons (Fsp3) is 0.250. The van der Waals surface area contributed by atoms with E-state index in [0.29, 0.717) is 41.6 Å². The second kappa shape index (κ2) is 9.46.